The molecule has 198 valence electrons. The number of aryl methyl sites for hydroxylation is 3. The van der Waals surface area contributed by atoms with Gasteiger partial charge < -0.3 is 11.1 Å². The molecule has 0 fully saturated rings. The Morgan fingerprint density at radius 1 is 1.08 bits per heavy atom. The molecule has 12 heteroatoms. The van der Waals surface area contributed by atoms with Crippen LogP contribution in [0.15, 0.2) is 48.5 Å². The summed E-state index contributed by atoms with van der Waals surface area (Å²) in [5.74, 6) is -2.63. The summed E-state index contributed by atoms with van der Waals surface area (Å²) in [7, 11) is -1.88. The Bertz CT molecular complexity index is 1380. The Labute approximate surface area is 213 Å². The maximum absolute atomic E-state index is 14.6. The molecule has 1 amide bonds. The molecule has 1 atom stereocenters. The summed E-state index contributed by atoms with van der Waals surface area (Å²) < 4.78 is 77.7. The summed E-state index contributed by atoms with van der Waals surface area (Å²) in [6.07, 6.45) is -4.51. The maximum atomic E-state index is 14.6. The van der Waals surface area contributed by atoms with Gasteiger partial charge in [-0.15, -0.1) is 0 Å². The van der Waals surface area contributed by atoms with Gasteiger partial charge in [0.25, 0.3) is 0 Å². The number of benzene rings is 2. The molecule has 0 bridgehead atoms. The standard InChI is InChI=1S/C25H26F4N4O3S/c1-14-4-8-18(12-15(14)2)31-24-16(7-11-22(32-24)25(27,28)29)5-9-19(23(30)34)17-6-10-21(20(26)13-17)33(3)37(35)36/h4,6-8,10-13,19,37H,5,9H2,1-3H3,(H2,30,34)(H,31,32). The number of thiol groups is 1. The molecule has 0 aliphatic rings. The van der Waals surface area contributed by atoms with Crippen molar-refractivity contribution in [1.29, 1.82) is 0 Å². The maximum Gasteiger partial charge on any atom is 0.433 e. The van der Waals surface area contributed by atoms with Crippen molar-refractivity contribution in [2.24, 2.45) is 5.73 Å². The van der Waals surface area contributed by atoms with Crippen LogP contribution in [0.3, 0.4) is 0 Å². The molecule has 3 N–H and O–H groups in total. The molecule has 1 heterocycles. The number of primary amides is 1. The normalized spacial score (nSPS) is 12.4. The number of hydrogen-bond donors (Lipinski definition) is 3. The van der Waals surface area contributed by atoms with Crippen LogP contribution in [0.2, 0.25) is 0 Å². The molecule has 0 saturated heterocycles. The number of anilines is 3. The first kappa shape index (κ1) is 27.9. The number of carbonyl (C=O) groups is 1. The van der Waals surface area contributed by atoms with Crippen molar-refractivity contribution in [2.45, 2.75) is 38.8 Å². The quantitative estimate of drug-likeness (QED) is 0.269. The third kappa shape index (κ3) is 6.76. The molecule has 0 saturated carbocycles. The van der Waals surface area contributed by atoms with Crippen LogP contribution in [-0.2, 0) is 28.3 Å². The van der Waals surface area contributed by atoms with E-state index in [1.54, 1.807) is 12.1 Å². The Balaban J connectivity index is 1.92. The number of aromatic nitrogens is 1. The van der Waals surface area contributed by atoms with Gasteiger partial charge in [0.05, 0.1) is 11.6 Å². The molecular formula is C25H26F4N4O3S. The van der Waals surface area contributed by atoms with E-state index in [0.717, 1.165) is 27.6 Å². The monoisotopic (exact) mass is 538 g/mol. The van der Waals surface area contributed by atoms with Crippen LogP contribution >= 0.6 is 0 Å². The van der Waals surface area contributed by atoms with Crippen molar-refractivity contribution in [3.05, 3.63) is 82.3 Å². The zero-order valence-electron chi connectivity index (χ0n) is 20.3. The molecule has 2 aromatic carbocycles. The zero-order valence-corrected chi connectivity index (χ0v) is 21.2. The van der Waals surface area contributed by atoms with E-state index in [2.05, 4.69) is 10.3 Å². The lowest BCUT2D eigenvalue weighted by Crippen LogP contribution is -2.23. The van der Waals surface area contributed by atoms with Crippen molar-refractivity contribution in [3.8, 4) is 0 Å². The van der Waals surface area contributed by atoms with Crippen molar-refractivity contribution in [3.63, 3.8) is 0 Å². The summed E-state index contributed by atoms with van der Waals surface area (Å²) in [4.78, 5) is 16.0. The van der Waals surface area contributed by atoms with E-state index in [4.69, 9.17) is 5.73 Å². The van der Waals surface area contributed by atoms with Crippen LogP contribution in [0.25, 0.3) is 0 Å². The van der Waals surface area contributed by atoms with Crippen LogP contribution in [-0.4, -0.2) is 26.4 Å². The molecule has 3 aromatic rings. The molecule has 0 spiro atoms. The second-order valence-corrected chi connectivity index (χ2v) is 9.67. The third-order valence-electron chi connectivity index (χ3n) is 6.05. The van der Waals surface area contributed by atoms with Gasteiger partial charge in [0, 0.05) is 12.7 Å². The number of nitrogens with one attached hydrogen (secondary N) is 1. The number of amides is 1. The first-order valence-electron chi connectivity index (χ1n) is 11.2. The van der Waals surface area contributed by atoms with Crippen molar-refractivity contribution in [1.82, 2.24) is 4.98 Å². The summed E-state index contributed by atoms with van der Waals surface area (Å²) in [5.41, 5.74) is 7.38. The fourth-order valence-electron chi connectivity index (χ4n) is 3.78. The number of halogens is 4. The minimum Gasteiger partial charge on any atom is -0.369 e. The van der Waals surface area contributed by atoms with Crippen molar-refractivity contribution in [2.75, 3.05) is 16.7 Å². The van der Waals surface area contributed by atoms with E-state index < -0.39 is 40.4 Å². The second kappa shape index (κ2) is 11.2. The van der Waals surface area contributed by atoms with Gasteiger partial charge in [-0.25, -0.2) is 17.8 Å². The Hall–Kier alpha value is -3.67. The highest BCUT2D eigenvalue weighted by atomic mass is 32.2. The van der Waals surface area contributed by atoms with Crippen LogP contribution in [0.4, 0.5) is 34.8 Å². The summed E-state index contributed by atoms with van der Waals surface area (Å²) in [5, 5.41) is 2.94. The highest BCUT2D eigenvalue weighted by Crippen LogP contribution is 2.33. The molecule has 37 heavy (non-hydrogen) atoms. The van der Waals surface area contributed by atoms with E-state index >= 15 is 0 Å². The fourth-order valence-corrected chi connectivity index (χ4v) is 4.11. The van der Waals surface area contributed by atoms with E-state index in [1.165, 1.54) is 25.2 Å². The van der Waals surface area contributed by atoms with E-state index in [9.17, 15) is 30.8 Å². The number of hydrogen-bond acceptors (Lipinski definition) is 5. The smallest absolute Gasteiger partial charge is 0.369 e. The topological polar surface area (TPSA) is 105 Å². The predicted molar refractivity (Wildman–Crippen MR) is 134 cm³/mol. The van der Waals surface area contributed by atoms with Gasteiger partial charge >= 0.3 is 6.18 Å². The largest absolute Gasteiger partial charge is 0.433 e. The Morgan fingerprint density at radius 2 is 1.78 bits per heavy atom. The van der Waals surface area contributed by atoms with E-state index in [1.807, 2.05) is 19.9 Å². The van der Waals surface area contributed by atoms with Crippen LogP contribution in [0.5, 0.6) is 0 Å². The lowest BCUT2D eigenvalue weighted by Gasteiger charge is -2.19. The SMILES string of the molecule is Cc1ccc(Nc2nc(C(F)(F)F)ccc2CCC(C(N)=O)c2ccc(N(C)[SH](=O)=O)c(F)c2)cc1C. The molecule has 7 nitrogen and oxygen atoms in total. The molecule has 0 radical (unpaired) electrons. The predicted octanol–water partition coefficient (Wildman–Crippen LogP) is 4.76. The average molecular weight is 539 g/mol. The lowest BCUT2D eigenvalue weighted by molar-refractivity contribution is -0.141. The number of nitrogens with zero attached hydrogens (tertiary/aromatic N) is 2. The third-order valence-corrected chi connectivity index (χ3v) is 6.76. The van der Waals surface area contributed by atoms with Crippen molar-refractivity contribution < 1.29 is 30.8 Å². The number of alkyl halides is 3. The first-order valence-corrected chi connectivity index (χ1v) is 12.3. The number of rotatable bonds is 9. The molecular weight excluding hydrogens is 512 g/mol. The van der Waals surface area contributed by atoms with Gasteiger partial charge in [-0.3, -0.25) is 9.10 Å². The van der Waals surface area contributed by atoms with Crippen molar-refractivity contribution >= 4 is 34.0 Å². The Morgan fingerprint density at radius 3 is 2.35 bits per heavy atom. The molecule has 1 aromatic heterocycles. The summed E-state index contributed by atoms with van der Waals surface area (Å²) in [6.45, 7) is 3.78. The fraction of sp³-hybridized carbons (Fsp3) is 0.280. The number of nitrogens with two attached hydrogens (primary N) is 1. The number of carbonyl (C=O) groups excluding carboxylic acids is 1. The summed E-state index contributed by atoms with van der Waals surface area (Å²) >= 11 is 0. The molecule has 0 aliphatic heterocycles. The molecule has 0 aliphatic carbocycles. The van der Waals surface area contributed by atoms with Gasteiger partial charge in [-0.2, -0.15) is 13.2 Å². The first-order chi connectivity index (χ1) is 17.3. The van der Waals surface area contributed by atoms with E-state index in [0.29, 0.717) is 11.3 Å². The van der Waals surface area contributed by atoms with Gasteiger partial charge in [-0.1, -0.05) is 18.2 Å². The lowest BCUT2D eigenvalue weighted by atomic mass is 9.91. The van der Waals surface area contributed by atoms with Gasteiger partial charge in [0.15, 0.2) is 0 Å². The van der Waals surface area contributed by atoms with Crippen LogP contribution in [0, 0.1) is 19.7 Å². The molecule has 1 unspecified atom stereocenters. The van der Waals surface area contributed by atoms with Gasteiger partial charge in [0.2, 0.25) is 16.8 Å². The minimum absolute atomic E-state index is 0.0244. The zero-order chi connectivity index (χ0) is 27.5. The second-order valence-electron chi connectivity index (χ2n) is 8.59. The minimum atomic E-state index is -4.66. The van der Waals surface area contributed by atoms with Gasteiger partial charge in [0.1, 0.15) is 17.3 Å². The summed E-state index contributed by atoms with van der Waals surface area (Å²) in [6, 6.07) is 11.1. The van der Waals surface area contributed by atoms with Gasteiger partial charge in [-0.05, 0) is 79.3 Å². The highest BCUT2D eigenvalue weighted by molar-refractivity contribution is 7.74. The number of pyridine rings is 1. The highest BCUT2D eigenvalue weighted by Gasteiger charge is 2.33. The van der Waals surface area contributed by atoms with Crippen LogP contribution in [0.1, 0.15) is 40.3 Å². The average Bonchev–Trinajstić information content (AvgIpc) is 2.81. The Kier molecular flexibility index (Phi) is 8.42. The van der Waals surface area contributed by atoms with Crippen LogP contribution < -0.4 is 15.4 Å². The molecule has 3 rings (SSSR count). The van der Waals surface area contributed by atoms with E-state index in [-0.39, 0.29) is 29.9 Å².